The van der Waals surface area contributed by atoms with E-state index in [2.05, 4.69) is 10.2 Å². The van der Waals surface area contributed by atoms with Crippen molar-refractivity contribution in [3.63, 3.8) is 0 Å². The van der Waals surface area contributed by atoms with Gasteiger partial charge in [0.15, 0.2) is 9.84 Å². The van der Waals surface area contributed by atoms with Crippen LogP contribution in [0.1, 0.15) is 29.6 Å². The number of nitrogens with one attached hydrogen (secondary N) is 1. The molecule has 5 nitrogen and oxygen atoms in total. The van der Waals surface area contributed by atoms with Gasteiger partial charge in [-0.15, -0.1) is 0 Å². The Kier molecular flexibility index (Phi) is 5.99. The Hall–Kier alpha value is -1.76. The molecule has 1 fully saturated rings. The number of hydrogen-bond acceptors (Lipinski definition) is 4. The van der Waals surface area contributed by atoms with Gasteiger partial charge >= 0.3 is 0 Å². The first-order chi connectivity index (χ1) is 12.8. The fourth-order valence-corrected chi connectivity index (χ4v) is 4.14. The Bertz CT molecular complexity index is 971. The molecule has 27 heavy (non-hydrogen) atoms. The average molecular weight is 427 g/mol. The molecule has 0 spiro atoms. The van der Waals surface area contributed by atoms with Crippen LogP contribution in [-0.4, -0.2) is 33.7 Å². The van der Waals surface area contributed by atoms with Gasteiger partial charge in [0.25, 0.3) is 5.91 Å². The molecule has 0 bridgehead atoms. The van der Waals surface area contributed by atoms with Crippen LogP contribution in [0.25, 0.3) is 0 Å². The zero-order valence-corrected chi connectivity index (χ0v) is 17.2. The van der Waals surface area contributed by atoms with E-state index in [0.29, 0.717) is 10.7 Å². The number of rotatable bonds is 4. The number of hydrogen-bond donors (Lipinski definition) is 1. The minimum absolute atomic E-state index is 0.0411. The molecule has 0 saturated carbocycles. The highest BCUT2D eigenvalue weighted by Gasteiger charge is 2.19. The number of sulfone groups is 1. The van der Waals surface area contributed by atoms with E-state index in [1.54, 1.807) is 12.1 Å². The molecule has 0 radical (unpaired) electrons. The highest BCUT2D eigenvalue weighted by atomic mass is 35.5. The summed E-state index contributed by atoms with van der Waals surface area (Å²) in [5.74, 6) is -0.481. The van der Waals surface area contributed by atoms with Crippen molar-refractivity contribution < 1.29 is 13.2 Å². The third kappa shape index (κ3) is 4.75. The van der Waals surface area contributed by atoms with Crippen molar-refractivity contribution in [1.82, 2.24) is 0 Å². The van der Waals surface area contributed by atoms with E-state index in [1.807, 2.05) is 6.07 Å². The van der Waals surface area contributed by atoms with E-state index in [4.69, 9.17) is 23.2 Å². The van der Waals surface area contributed by atoms with Crippen LogP contribution in [0.15, 0.2) is 41.3 Å². The summed E-state index contributed by atoms with van der Waals surface area (Å²) in [6, 6.07) is 9.45. The number of piperidine rings is 1. The van der Waals surface area contributed by atoms with Gasteiger partial charge in [0.1, 0.15) is 0 Å². The fraction of sp³-hybridized carbons (Fsp3) is 0.316. The zero-order valence-electron chi connectivity index (χ0n) is 14.8. The SMILES string of the molecule is CS(=O)(=O)c1ccc(Cl)c(C(=O)Nc2cc(Cl)ccc2N2CCCCC2)c1. The summed E-state index contributed by atoms with van der Waals surface area (Å²) in [6.07, 6.45) is 4.47. The summed E-state index contributed by atoms with van der Waals surface area (Å²) in [5, 5.41) is 3.52. The van der Waals surface area contributed by atoms with Gasteiger partial charge in [-0.2, -0.15) is 0 Å². The van der Waals surface area contributed by atoms with Gasteiger partial charge in [0.05, 0.1) is 26.9 Å². The molecule has 144 valence electrons. The molecule has 1 aliphatic heterocycles. The third-order valence-electron chi connectivity index (χ3n) is 4.51. The van der Waals surface area contributed by atoms with Crippen LogP contribution >= 0.6 is 23.2 Å². The highest BCUT2D eigenvalue weighted by molar-refractivity contribution is 7.90. The summed E-state index contributed by atoms with van der Waals surface area (Å²) in [6.45, 7) is 1.82. The fourth-order valence-electron chi connectivity index (χ4n) is 3.12. The molecular weight excluding hydrogens is 407 g/mol. The van der Waals surface area contributed by atoms with E-state index in [1.165, 1.54) is 24.6 Å². The molecule has 1 aliphatic rings. The van der Waals surface area contributed by atoms with Crippen LogP contribution in [-0.2, 0) is 9.84 Å². The Morgan fingerprint density at radius 3 is 2.41 bits per heavy atom. The number of carbonyl (C=O) groups is 1. The first kappa shape index (κ1) is 20.0. The van der Waals surface area contributed by atoms with Gasteiger partial charge in [0, 0.05) is 24.4 Å². The molecule has 1 heterocycles. The number of halogens is 2. The van der Waals surface area contributed by atoms with E-state index >= 15 is 0 Å². The van der Waals surface area contributed by atoms with E-state index in [9.17, 15) is 13.2 Å². The molecule has 3 rings (SSSR count). The number of nitrogens with zero attached hydrogens (tertiary/aromatic N) is 1. The van der Waals surface area contributed by atoms with Gasteiger partial charge in [-0.1, -0.05) is 23.2 Å². The second-order valence-electron chi connectivity index (χ2n) is 6.58. The average Bonchev–Trinajstić information content (AvgIpc) is 2.62. The molecule has 0 aromatic heterocycles. The molecule has 2 aromatic carbocycles. The second-order valence-corrected chi connectivity index (χ2v) is 9.44. The number of benzene rings is 2. The quantitative estimate of drug-likeness (QED) is 0.772. The van der Waals surface area contributed by atoms with Crippen LogP contribution in [0.4, 0.5) is 11.4 Å². The van der Waals surface area contributed by atoms with Gasteiger partial charge in [0.2, 0.25) is 0 Å². The van der Waals surface area contributed by atoms with Crippen LogP contribution in [0, 0.1) is 0 Å². The third-order valence-corrected chi connectivity index (χ3v) is 6.19. The number of anilines is 2. The predicted molar refractivity (Wildman–Crippen MR) is 110 cm³/mol. The lowest BCUT2D eigenvalue weighted by atomic mass is 10.1. The van der Waals surface area contributed by atoms with Crippen molar-refractivity contribution in [2.45, 2.75) is 24.2 Å². The Balaban J connectivity index is 1.93. The first-order valence-corrected chi connectivity index (χ1v) is 11.3. The van der Waals surface area contributed by atoms with Crippen LogP contribution in [0.5, 0.6) is 0 Å². The standard InChI is InChI=1S/C19H20Cl2N2O3S/c1-27(25,26)14-6-7-16(21)15(12-14)19(24)22-17-11-13(20)5-8-18(17)23-9-3-2-4-10-23/h5-8,11-12H,2-4,9-10H2,1H3,(H,22,24). The summed E-state index contributed by atoms with van der Waals surface area (Å²) < 4.78 is 23.6. The first-order valence-electron chi connectivity index (χ1n) is 8.61. The minimum Gasteiger partial charge on any atom is -0.370 e. The van der Waals surface area contributed by atoms with Crippen molar-refractivity contribution in [2.75, 3.05) is 29.6 Å². The van der Waals surface area contributed by atoms with Crippen LogP contribution in [0.2, 0.25) is 10.0 Å². The molecular formula is C19H20Cl2N2O3S. The van der Waals surface area contributed by atoms with Crippen molar-refractivity contribution in [1.29, 1.82) is 0 Å². The molecule has 1 N–H and O–H groups in total. The minimum atomic E-state index is -3.45. The van der Waals surface area contributed by atoms with E-state index in [-0.39, 0.29) is 15.5 Å². The number of carbonyl (C=O) groups excluding carboxylic acids is 1. The zero-order chi connectivity index (χ0) is 19.6. The maximum Gasteiger partial charge on any atom is 0.257 e. The monoisotopic (exact) mass is 426 g/mol. The topological polar surface area (TPSA) is 66.5 Å². The molecule has 0 aliphatic carbocycles. The molecule has 2 aromatic rings. The lowest BCUT2D eigenvalue weighted by Gasteiger charge is -2.30. The molecule has 1 saturated heterocycles. The van der Waals surface area contributed by atoms with Crippen molar-refractivity contribution >= 4 is 50.3 Å². The Labute approximate surface area is 169 Å². The lowest BCUT2D eigenvalue weighted by Crippen LogP contribution is -2.30. The summed E-state index contributed by atoms with van der Waals surface area (Å²) in [5.41, 5.74) is 1.57. The van der Waals surface area contributed by atoms with E-state index < -0.39 is 15.7 Å². The largest absolute Gasteiger partial charge is 0.370 e. The highest BCUT2D eigenvalue weighted by Crippen LogP contribution is 2.32. The predicted octanol–water partition coefficient (Wildman–Crippen LogP) is 4.64. The maximum atomic E-state index is 12.8. The summed E-state index contributed by atoms with van der Waals surface area (Å²) in [4.78, 5) is 15.1. The lowest BCUT2D eigenvalue weighted by molar-refractivity contribution is 0.102. The maximum absolute atomic E-state index is 12.8. The normalized spacial score (nSPS) is 14.9. The Morgan fingerprint density at radius 2 is 1.74 bits per heavy atom. The summed E-state index contributed by atoms with van der Waals surface area (Å²) in [7, 11) is -3.45. The molecule has 0 atom stereocenters. The number of amides is 1. The van der Waals surface area contributed by atoms with E-state index in [0.717, 1.165) is 37.9 Å². The second kappa shape index (κ2) is 8.09. The van der Waals surface area contributed by atoms with Crippen LogP contribution in [0.3, 0.4) is 0 Å². The van der Waals surface area contributed by atoms with Gasteiger partial charge in [-0.3, -0.25) is 4.79 Å². The van der Waals surface area contributed by atoms with Crippen molar-refractivity contribution in [2.24, 2.45) is 0 Å². The molecule has 8 heteroatoms. The van der Waals surface area contributed by atoms with Gasteiger partial charge in [-0.25, -0.2) is 8.42 Å². The van der Waals surface area contributed by atoms with Crippen molar-refractivity contribution in [3.05, 3.63) is 52.0 Å². The van der Waals surface area contributed by atoms with Crippen molar-refractivity contribution in [3.8, 4) is 0 Å². The van der Waals surface area contributed by atoms with Crippen LogP contribution < -0.4 is 10.2 Å². The molecule has 1 amide bonds. The molecule has 0 unspecified atom stereocenters. The smallest absolute Gasteiger partial charge is 0.257 e. The van der Waals surface area contributed by atoms with Gasteiger partial charge in [-0.05, 0) is 55.7 Å². The Morgan fingerprint density at radius 1 is 1.04 bits per heavy atom. The summed E-state index contributed by atoms with van der Waals surface area (Å²) >= 11 is 12.3. The van der Waals surface area contributed by atoms with Gasteiger partial charge < -0.3 is 10.2 Å².